The van der Waals surface area contributed by atoms with Gasteiger partial charge in [-0.2, -0.15) is 0 Å². The second-order valence-electron chi connectivity index (χ2n) is 16.7. The van der Waals surface area contributed by atoms with Crippen LogP contribution in [0, 0.1) is 0 Å². The number of benzene rings is 6. The smallest absolute Gasteiger partial charge is 0.134 e. The molecule has 1 aliphatic heterocycles. The molecule has 3 heteroatoms. The molecule has 1 atom stereocenters. The van der Waals surface area contributed by atoms with Crippen LogP contribution in [0.4, 0.5) is 5.69 Å². The van der Waals surface area contributed by atoms with E-state index in [-0.39, 0.29) is 16.9 Å². The fourth-order valence-electron chi connectivity index (χ4n) is 10.5. The minimum absolute atomic E-state index is 0.239. The molecular weight excluding hydrogens is 703 g/mol. The highest BCUT2D eigenvalue weighted by molar-refractivity contribution is 6.01. The Morgan fingerprint density at radius 3 is 1.88 bits per heavy atom. The molecule has 0 bridgehead atoms. The number of nitrogens with zero attached hydrogens (tertiary/aromatic N) is 1. The topological polar surface area (TPSA) is 36.4 Å². The third-order valence-electron chi connectivity index (χ3n) is 13.2. The van der Waals surface area contributed by atoms with E-state index >= 15 is 0 Å². The predicted molar refractivity (Wildman–Crippen MR) is 242 cm³/mol. The van der Waals surface area contributed by atoms with Crippen LogP contribution >= 0.6 is 0 Å². The molecule has 58 heavy (non-hydrogen) atoms. The van der Waals surface area contributed by atoms with E-state index in [1.165, 1.54) is 66.1 Å². The van der Waals surface area contributed by atoms with Crippen molar-refractivity contribution in [2.75, 3.05) is 0 Å². The summed E-state index contributed by atoms with van der Waals surface area (Å²) in [6.45, 7) is 11.2. The number of allylic oxidation sites excluding steroid dienone is 6. The van der Waals surface area contributed by atoms with E-state index in [4.69, 9.17) is 4.99 Å². The van der Waals surface area contributed by atoms with Gasteiger partial charge in [0.15, 0.2) is 0 Å². The van der Waals surface area contributed by atoms with Gasteiger partial charge >= 0.3 is 0 Å². The molecule has 0 saturated heterocycles. The number of fused-ring (bicyclic) bond motifs is 13. The zero-order valence-electron chi connectivity index (χ0n) is 33.2. The van der Waals surface area contributed by atoms with Crippen molar-refractivity contribution in [3.63, 3.8) is 0 Å². The Morgan fingerprint density at radius 1 is 0.655 bits per heavy atom. The van der Waals surface area contributed by atoms with Crippen molar-refractivity contribution >= 4 is 34.9 Å². The largest absolute Gasteiger partial charge is 0.370 e. The zero-order chi connectivity index (χ0) is 39.2. The number of rotatable bonds is 5. The van der Waals surface area contributed by atoms with Crippen LogP contribution in [0.2, 0.25) is 0 Å². The van der Waals surface area contributed by atoms with Gasteiger partial charge in [-0.15, -0.1) is 0 Å². The lowest BCUT2D eigenvalue weighted by molar-refractivity contribution is 0.593. The summed E-state index contributed by atoms with van der Waals surface area (Å²) < 4.78 is 0. The van der Waals surface area contributed by atoms with Crippen LogP contribution in [-0.4, -0.2) is 5.84 Å². The molecule has 3 nitrogen and oxygen atoms in total. The van der Waals surface area contributed by atoms with Gasteiger partial charge in [-0.05, 0) is 110 Å². The molecule has 0 radical (unpaired) electrons. The quantitative estimate of drug-likeness (QED) is 0.172. The van der Waals surface area contributed by atoms with E-state index in [2.05, 4.69) is 183 Å². The Morgan fingerprint density at radius 2 is 1.22 bits per heavy atom. The molecule has 4 aliphatic carbocycles. The maximum absolute atomic E-state index is 5.65. The van der Waals surface area contributed by atoms with Crippen LogP contribution in [0.15, 0.2) is 169 Å². The number of aliphatic imine (C=N–C) groups is 1. The fraction of sp³-hybridized carbons (Fsp3) is 0.145. The highest BCUT2D eigenvalue weighted by Gasteiger charge is 2.52. The lowest BCUT2D eigenvalue weighted by Crippen LogP contribution is -2.45. The van der Waals surface area contributed by atoms with Gasteiger partial charge in [0, 0.05) is 16.5 Å². The van der Waals surface area contributed by atoms with E-state index in [1.54, 1.807) is 0 Å². The molecule has 1 heterocycles. The van der Waals surface area contributed by atoms with Crippen LogP contribution in [0.3, 0.4) is 0 Å². The molecule has 1 unspecified atom stereocenters. The monoisotopic (exact) mass is 747 g/mol. The van der Waals surface area contributed by atoms with Gasteiger partial charge in [-0.25, -0.2) is 4.99 Å². The Balaban J connectivity index is 1.13. The van der Waals surface area contributed by atoms with Gasteiger partial charge in [0.2, 0.25) is 0 Å². The molecule has 5 aliphatic rings. The van der Waals surface area contributed by atoms with Crippen LogP contribution in [-0.2, 0) is 10.8 Å². The molecule has 6 aromatic rings. The van der Waals surface area contributed by atoms with Crippen molar-refractivity contribution < 1.29 is 0 Å². The first-order valence-corrected chi connectivity index (χ1v) is 20.6. The first kappa shape index (κ1) is 34.5. The second kappa shape index (κ2) is 12.9. The Bertz CT molecular complexity index is 2980. The molecule has 0 fully saturated rings. The summed E-state index contributed by atoms with van der Waals surface area (Å²) in [5.41, 5.74) is 18.9. The molecule has 0 aromatic heterocycles. The third-order valence-corrected chi connectivity index (χ3v) is 13.2. The van der Waals surface area contributed by atoms with Crippen LogP contribution in [0.1, 0.15) is 84.2 Å². The molecule has 2 N–H and O–H groups in total. The molecule has 280 valence electrons. The van der Waals surface area contributed by atoms with Crippen LogP contribution < -0.4 is 21.1 Å². The molecule has 1 spiro atoms. The summed E-state index contributed by atoms with van der Waals surface area (Å²) in [5.74, 6) is 0.878. The Kier molecular flexibility index (Phi) is 7.69. The summed E-state index contributed by atoms with van der Waals surface area (Å²) in [5, 5.41) is 10.6. The van der Waals surface area contributed by atoms with Gasteiger partial charge in [0.05, 0.1) is 22.5 Å². The molecule has 0 saturated carbocycles. The van der Waals surface area contributed by atoms with Crippen molar-refractivity contribution in [2.24, 2.45) is 4.99 Å². The number of hydrogen-bond acceptors (Lipinski definition) is 2. The summed E-state index contributed by atoms with van der Waals surface area (Å²) in [6.07, 6.45) is 15.0. The van der Waals surface area contributed by atoms with E-state index in [1.807, 2.05) is 19.1 Å². The zero-order valence-corrected chi connectivity index (χ0v) is 33.2. The van der Waals surface area contributed by atoms with Crippen molar-refractivity contribution in [1.82, 2.24) is 10.6 Å². The highest BCUT2D eigenvalue weighted by Crippen LogP contribution is 2.63. The number of hydrogen-bond donors (Lipinski definition) is 2. The number of nitrogens with one attached hydrogen (secondary N) is 2. The van der Waals surface area contributed by atoms with Gasteiger partial charge < -0.3 is 10.6 Å². The van der Waals surface area contributed by atoms with Crippen molar-refractivity contribution in [1.29, 1.82) is 0 Å². The van der Waals surface area contributed by atoms with E-state index in [0.29, 0.717) is 0 Å². The molecule has 0 amide bonds. The van der Waals surface area contributed by atoms with Crippen LogP contribution in [0.5, 0.6) is 0 Å². The number of amidine groups is 1. The summed E-state index contributed by atoms with van der Waals surface area (Å²) in [6, 6.07) is 47.3. The molecule has 6 aromatic carbocycles. The molecule has 11 rings (SSSR count). The third kappa shape index (κ3) is 4.83. The highest BCUT2D eigenvalue weighted by atomic mass is 15.2. The van der Waals surface area contributed by atoms with Gasteiger partial charge in [0.25, 0.3) is 0 Å². The lowest BCUT2D eigenvalue weighted by Gasteiger charge is -2.35. The van der Waals surface area contributed by atoms with Crippen molar-refractivity contribution in [3.8, 4) is 22.3 Å². The minimum atomic E-state index is -0.386. The second-order valence-corrected chi connectivity index (χ2v) is 16.7. The first-order chi connectivity index (χ1) is 28.4. The summed E-state index contributed by atoms with van der Waals surface area (Å²) >= 11 is 0. The van der Waals surface area contributed by atoms with Gasteiger partial charge in [-0.3, -0.25) is 0 Å². The van der Waals surface area contributed by atoms with Crippen molar-refractivity contribution in [2.45, 2.75) is 50.5 Å². The maximum Gasteiger partial charge on any atom is 0.134 e. The van der Waals surface area contributed by atoms with Crippen LogP contribution in [0.25, 0.3) is 45.7 Å². The van der Waals surface area contributed by atoms with E-state index < -0.39 is 0 Å². The predicted octanol–water partition coefficient (Wildman–Crippen LogP) is 11.2. The Hall–Kier alpha value is -6.71. The first-order valence-electron chi connectivity index (χ1n) is 20.6. The fourth-order valence-corrected chi connectivity index (χ4v) is 10.5. The maximum atomic E-state index is 5.65. The standard InChI is InChI=1S/C55H45N3/c1-5-6-7-18-34(2)42-31-35-19-8-9-20-36(35)33-49(42)56-53-50(57-51-41-24-13-14-25-44(41)54(3,4)52(51)58-53)37-29-30-48-43(32-37)40-23-12-17-28-47(40)55(48)45-26-15-10-21-38(45)39-22-11-16-27-46(39)55/h5-7,10-33,50,57H,2,8-9H2,1,3-4H3,(H,56,58)/b6-5-,18-7-. The average Bonchev–Trinajstić information content (AvgIpc) is 3.81. The van der Waals surface area contributed by atoms with Gasteiger partial charge in [0.1, 0.15) is 11.9 Å². The normalized spacial score (nSPS) is 19.0. The van der Waals surface area contributed by atoms with E-state index in [9.17, 15) is 0 Å². The summed E-state index contributed by atoms with van der Waals surface area (Å²) in [4.78, 5) is 5.65. The van der Waals surface area contributed by atoms with Gasteiger partial charge in [-0.1, -0.05) is 166 Å². The Labute approximate surface area is 340 Å². The SMILES string of the molecule is C=C(/C=C\C=C/C)c1cc2c(cc1N=C1NC3=C(NC1c1ccc4c(c1)-c1ccccc1C41c4ccccc4-c4ccccc41)c1ccccc1C3(C)C)=CCCC=2. The minimum Gasteiger partial charge on any atom is -0.370 e. The van der Waals surface area contributed by atoms with E-state index in [0.717, 1.165) is 52.5 Å². The summed E-state index contributed by atoms with van der Waals surface area (Å²) in [7, 11) is 0. The average molecular weight is 748 g/mol. The van der Waals surface area contributed by atoms with Crippen molar-refractivity contribution in [3.05, 3.63) is 219 Å². The lowest BCUT2D eigenvalue weighted by atomic mass is 9.70. The molecular formula is C55H45N3.